The molecular weight excluding hydrogens is 331 g/mol. The molecule has 1 aromatic carbocycles. The van der Waals surface area contributed by atoms with E-state index in [0.29, 0.717) is 17.7 Å². The molecule has 0 bridgehead atoms. The van der Waals surface area contributed by atoms with E-state index in [9.17, 15) is 13.2 Å². The second-order valence-corrected chi connectivity index (χ2v) is 5.02. The zero-order chi connectivity index (χ0) is 16.4. The van der Waals surface area contributed by atoms with Crippen LogP contribution in [-0.2, 0) is 6.18 Å². The van der Waals surface area contributed by atoms with Gasteiger partial charge in [-0.3, -0.25) is 0 Å². The number of halogens is 4. The first kappa shape index (κ1) is 15.4. The van der Waals surface area contributed by atoms with Crippen molar-refractivity contribution in [3.8, 4) is 23.0 Å². The molecule has 0 saturated heterocycles. The molecule has 0 aliphatic heterocycles. The van der Waals surface area contributed by atoms with Gasteiger partial charge in [0.25, 0.3) is 0 Å². The Bertz CT molecular complexity index is 816. The lowest BCUT2D eigenvalue weighted by molar-refractivity contribution is -0.137. The van der Waals surface area contributed by atoms with Crippen molar-refractivity contribution in [3.63, 3.8) is 0 Å². The minimum absolute atomic E-state index is 0.101. The third-order valence-corrected chi connectivity index (χ3v) is 3.26. The summed E-state index contributed by atoms with van der Waals surface area (Å²) in [6.45, 7) is 0. The second kappa shape index (κ2) is 5.96. The molecule has 0 atom stereocenters. The maximum Gasteiger partial charge on any atom is 0.417 e. The molecule has 0 N–H and O–H groups in total. The Hall–Kier alpha value is -2.47. The molecule has 3 rings (SSSR count). The van der Waals surface area contributed by atoms with Gasteiger partial charge >= 0.3 is 6.18 Å². The molecule has 0 saturated carbocycles. The van der Waals surface area contributed by atoms with Gasteiger partial charge < -0.3 is 9.15 Å². The zero-order valence-electron chi connectivity index (χ0n) is 11.5. The van der Waals surface area contributed by atoms with Crippen molar-refractivity contribution in [2.45, 2.75) is 6.18 Å². The maximum atomic E-state index is 12.6. The number of pyridine rings is 1. The summed E-state index contributed by atoms with van der Waals surface area (Å²) in [6.07, 6.45) is -2.29. The van der Waals surface area contributed by atoms with E-state index < -0.39 is 11.7 Å². The van der Waals surface area contributed by atoms with Crippen LogP contribution in [0.25, 0.3) is 11.3 Å². The number of rotatable bonds is 3. The van der Waals surface area contributed by atoms with Gasteiger partial charge in [-0.15, -0.1) is 0 Å². The van der Waals surface area contributed by atoms with Crippen LogP contribution >= 0.6 is 11.6 Å². The van der Waals surface area contributed by atoms with E-state index in [-0.39, 0.29) is 10.9 Å². The lowest BCUT2D eigenvalue weighted by atomic mass is 10.1. The summed E-state index contributed by atoms with van der Waals surface area (Å²) in [7, 11) is 0. The Morgan fingerprint density at radius 2 is 1.91 bits per heavy atom. The fourth-order valence-electron chi connectivity index (χ4n) is 1.92. The molecule has 7 heteroatoms. The van der Waals surface area contributed by atoms with Crippen LogP contribution in [-0.4, -0.2) is 4.98 Å². The summed E-state index contributed by atoms with van der Waals surface area (Å²) < 4.78 is 48.5. The monoisotopic (exact) mass is 339 g/mol. The van der Waals surface area contributed by atoms with Crippen molar-refractivity contribution in [1.82, 2.24) is 4.98 Å². The van der Waals surface area contributed by atoms with Crippen LogP contribution in [0.15, 0.2) is 59.3 Å². The molecule has 23 heavy (non-hydrogen) atoms. The predicted molar refractivity (Wildman–Crippen MR) is 78.5 cm³/mol. The van der Waals surface area contributed by atoms with Gasteiger partial charge in [0, 0.05) is 11.8 Å². The first-order valence-electron chi connectivity index (χ1n) is 6.48. The summed E-state index contributed by atoms with van der Waals surface area (Å²) >= 11 is 5.82. The highest BCUT2D eigenvalue weighted by atomic mass is 35.5. The molecule has 2 heterocycles. The summed E-state index contributed by atoms with van der Waals surface area (Å²) in [5, 5.41) is -0.219. The van der Waals surface area contributed by atoms with Crippen molar-refractivity contribution < 1.29 is 22.3 Å². The van der Waals surface area contributed by atoms with Gasteiger partial charge in [0.1, 0.15) is 16.5 Å². The van der Waals surface area contributed by atoms with Crippen molar-refractivity contribution in [2.24, 2.45) is 0 Å². The maximum absolute atomic E-state index is 12.6. The highest BCUT2D eigenvalue weighted by Crippen LogP contribution is 2.35. The first-order valence-corrected chi connectivity index (χ1v) is 6.86. The van der Waals surface area contributed by atoms with Crippen LogP contribution in [0, 0.1) is 0 Å². The molecule has 3 nitrogen and oxygen atoms in total. The summed E-state index contributed by atoms with van der Waals surface area (Å²) in [5.41, 5.74) is -0.172. The van der Waals surface area contributed by atoms with Gasteiger partial charge in [-0.25, -0.2) is 4.98 Å². The summed E-state index contributed by atoms with van der Waals surface area (Å²) in [4.78, 5) is 3.63. The molecule has 0 amide bonds. The van der Waals surface area contributed by atoms with Crippen LogP contribution in [0.5, 0.6) is 11.6 Å². The van der Waals surface area contributed by atoms with E-state index >= 15 is 0 Å². The second-order valence-electron chi connectivity index (χ2n) is 4.62. The van der Waals surface area contributed by atoms with E-state index in [2.05, 4.69) is 4.98 Å². The topological polar surface area (TPSA) is 35.3 Å². The number of hydrogen-bond donors (Lipinski definition) is 0. The number of aromatic nitrogens is 1. The Kier molecular flexibility index (Phi) is 4.00. The van der Waals surface area contributed by atoms with Gasteiger partial charge in [0.05, 0.1) is 11.8 Å². The lowest BCUT2D eigenvalue weighted by Gasteiger charge is -2.10. The van der Waals surface area contributed by atoms with Crippen LogP contribution in [0.3, 0.4) is 0 Å². The minimum Gasteiger partial charge on any atom is -0.464 e. The normalized spacial score (nSPS) is 11.5. The molecule has 0 radical (unpaired) electrons. The standard InChI is InChI=1S/C16H9ClF3NO2/c17-13-8-11(16(18,19)20)9-21-15(13)23-12-4-1-3-10(7-12)14-5-2-6-22-14/h1-9H. The number of ether oxygens (including phenoxy) is 1. The summed E-state index contributed by atoms with van der Waals surface area (Å²) in [6, 6.07) is 11.2. The van der Waals surface area contributed by atoms with Crippen molar-refractivity contribution >= 4 is 11.6 Å². The third-order valence-electron chi connectivity index (χ3n) is 2.99. The van der Waals surface area contributed by atoms with Crippen molar-refractivity contribution in [2.75, 3.05) is 0 Å². The average molecular weight is 340 g/mol. The number of alkyl halides is 3. The molecule has 0 unspecified atom stereocenters. The highest BCUT2D eigenvalue weighted by molar-refractivity contribution is 6.31. The molecule has 2 aromatic heterocycles. The van der Waals surface area contributed by atoms with Gasteiger partial charge in [-0.2, -0.15) is 13.2 Å². The van der Waals surface area contributed by atoms with E-state index in [1.807, 2.05) is 6.07 Å². The van der Waals surface area contributed by atoms with Gasteiger partial charge in [-0.05, 0) is 30.3 Å². The lowest BCUT2D eigenvalue weighted by Crippen LogP contribution is -2.05. The molecule has 3 aromatic rings. The Morgan fingerprint density at radius 3 is 2.57 bits per heavy atom. The Labute approximate surface area is 134 Å². The number of furan rings is 1. The van der Waals surface area contributed by atoms with Crippen LogP contribution < -0.4 is 4.74 Å². The minimum atomic E-state index is -4.51. The predicted octanol–water partition coefficient (Wildman–Crippen LogP) is 5.81. The van der Waals surface area contributed by atoms with E-state index in [1.165, 1.54) is 6.26 Å². The molecular formula is C16H9ClF3NO2. The molecule has 0 aliphatic rings. The first-order chi connectivity index (χ1) is 10.9. The van der Waals surface area contributed by atoms with Gasteiger partial charge in [0.15, 0.2) is 0 Å². The smallest absolute Gasteiger partial charge is 0.417 e. The quantitative estimate of drug-likeness (QED) is 0.604. The average Bonchev–Trinajstić information content (AvgIpc) is 3.03. The van der Waals surface area contributed by atoms with E-state index in [4.69, 9.17) is 20.8 Å². The molecule has 118 valence electrons. The largest absolute Gasteiger partial charge is 0.464 e. The zero-order valence-corrected chi connectivity index (χ0v) is 12.2. The van der Waals surface area contributed by atoms with Crippen LogP contribution in [0.4, 0.5) is 13.2 Å². The van der Waals surface area contributed by atoms with Crippen LogP contribution in [0.2, 0.25) is 5.02 Å². The van der Waals surface area contributed by atoms with Gasteiger partial charge in [-0.1, -0.05) is 23.7 Å². The Balaban J connectivity index is 1.87. The Morgan fingerprint density at radius 1 is 1.09 bits per heavy atom. The number of hydrogen-bond acceptors (Lipinski definition) is 3. The molecule has 0 aliphatic carbocycles. The van der Waals surface area contributed by atoms with E-state index in [1.54, 1.807) is 30.3 Å². The van der Waals surface area contributed by atoms with E-state index in [0.717, 1.165) is 11.6 Å². The molecule has 0 spiro atoms. The van der Waals surface area contributed by atoms with Crippen molar-refractivity contribution in [3.05, 3.63) is 65.5 Å². The third kappa shape index (κ3) is 3.48. The SMILES string of the molecule is FC(F)(F)c1cnc(Oc2cccc(-c3ccco3)c2)c(Cl)c1. The number of benzene rings is 1. The fourth-order valence-corrected chi connectivity index (χ4v) is 2.13. The van der Waals surface area contributed by atoms with Gasteiger partial charge in [0.2, 0.25) is 5.88 Å². The van der Waals surface area contributed by atoms with Crippen molar-refractivity contribution in [1.29, 1.82) is 0 Å². The van der Waals surface area contributed by atoms with Crippen LogP contribution in [0.1, 0.15) is 5.56 Å². The highest BCUT2D eigenvalue weighted by Gasteiger charge is 2.31. The molecule has 0 fully saturated rings. The fraction of sp³-hybridized carbons (Fsp3) is 0.0625. The number of nitrogens with zero attached hydrogens (tertiary/aromatic N) is 1. The summed E-state index contributed by atoms with van der Waals surface area (Å²) in [5.74, 6) is 0.922.